The van der Waals surface area contributed by atoms with Gasteiger partial charge in [0.2, 0.25) is 6.10 Å². The summed E-state index contributed by atoms with van der Waals surface area (Å²) in [5, 5.41) is 14.1. The molecule has 34 heavy (non-hydrogen) atoms. The van der Waals surface area contributed by atoms with Gasteiger partial charge in [-0.2, -0.15) is 0 Å². The number of benzene rings is 3. The van der Waals surface area contributed by atoms with Gasteiger partial charge >= 0.3 is 11.9 Å². The topological polar surface area (TPSA) is 125 Å². The number of amides is 1. The highest BCUT2D eigenvalue weighted by molar-refractivity contribution is 6.00. The van der Waals surface area contributed by atoms with E-state index in [2.05, 4.69) is 10.1 Å². The molecule has 3 aromatic carbocycles. The third-order valence-electron chi connectivity index (χ3n) is 5.00. The van der Waals surface area contributed by atoms with Crippen LogP contribution >= 0.6 is 0 Å². The van der Waals surface area contributed by atoms with Crippen molar-refractivity contribution in [1.29, 1.82) is 0 Å². The predicted octanol–water partition coefficient (Wildman–Crippen LogP) is 4.54. The summed E-state index contributed by atoms with van der Waals surface area (Å²) in [6, 6.07) is 17.0. The summed E-state index contributed by atoms with van der Waals surface area (Å²) in [6.45, 7) is 3.71. The number of nitro groups is 1. The van der Waals surface area contributed by atoms with Gasteiger partial charge in [0.1, 0.15) is 0 Å². The Morgan fingerprint density at radius 2 is 1.56 bits per heavy atom. The Bertz CT molecular complexity index is 1260. The molecule has 1 N–H and O–H groups in total. The van der Waals surface area contributed by atoms with E-state index in [0.29, 0.717) is 11.3 Å². The zero-order valence-corrected chi connectivity index (χ0v) is 18.7. The molecule has 9 nitrogen and oxygen atoms in total. The number of carbonyl (C=O) groups excluding carboxylic acids is 3. The lowest BCUT2D eigenvalue weighted by Gasteiger charge is -2.19. The molecule has 0 heterocycles. The van der Waals surface area contributed by atoms with Crippen LogP contribution in [0.5, 0.6) is 0 Å². The number of aryl methyl sites for hydroxylation is 2. The van der Waals surface area contributed by atoms with Crippen molar-refractivity contribution in [3.8, 4) is 0 Å². The largest absolute Gasteiger partial charge is 0.465 e. The second-order valence-corrected chi connectivity index (χ2v) is 7.52. The summed E-state index contributed by atoms with van der Waals surface area (Å²) in [5.74, 6) is -2.48. The zero-order chi connectivity index (χ0) is 24.8. The van der Waals surface area contributed by atoms with Crippen LogP contribution in [-0.2, 0) is 14.3 Å². The first-order chi connectivity index (χ1) is 16.2. The second kappa shape index (κ2) is 10.4. The summed E-state index contributed by atoms with van der Waals surface area (Å²) in [6.07, 6.45) is -1.35. The number of esters is 2. The van der Waals surface area contributed by atoms with Gasteiger partial charge in [0, 0.05) is 23.4 Å². The van der Waals surface area contributed by atoms with E-state index in [4.69, 9.17) is 4.74 Å². The number of methoxy groups -OCH3 is 1. The summed E-state index contributed by atoms with van der Waals surface area (Å²) in [4.78, 5) is 48.6. The van der Waals surface area contributed by atoms with E-state index in [1.807, 2.05) is 26.0 Å². The summed E-state index contributed by atoms with van der Waals surface area (Å²) < 4.78 is 10.1. The van der Waals surface area contributed by atoms with Gasteiger partial charge in [-0.1, -0.05) is 42.5 Å². The van der Waals surface area contributed by atoms with Gasteiger partial charge in [0.25, 0.3) is 11.6 Å². The molecule has 0 spiro atoms. The Labute approximate surface area is 195 Å². The molecule has 1 amide bonds. The molecule has 3 aromatic rings. The molecule has 0 bridgehead atoms. The van der Waals surface area contributed by atoms with Crippen molar-refractivity contribution in [2.24, 2.45) is 0 Å². The number of nitro benzene ring substituents is 1. The Morgan fingerprint density at radius 1 is 0.912 bits per heavy atom. The molecule has 0 aliphatic carbocycles. The molecule has 3 rings (SSSR count). The van der Waals surface area contributed by atoms with Crippen LogP contribution in [0.4, 0.5) is 11.4 Å². The maximum absolute atomic E-state index is 13.2. The summed E-state index contributed by atoms with van der Waals surface area (Å²) >= 11 is 0. The van der Waals surface area contributed by atoms with Gasteiger partial charge in [-0.05, 0) is 37.1 Å². The smallest absolute Gasteiger partial charge is 0.339 e. The van der Waals surface area contributed by atoms with Crippen molar-refractivity contribution < 1.29 is 28.8 Å². The van der Waals surface area contributed by atoms with Crippen molar-refractivity contribution in [3.05, 3.63) is 105 Å². The molecule has 1 atom stereocenters. The minimum atomic E-state index is -1.35. The van der Waals surface area contributed by atoms with E-state index in [9.17, 15) is 24.5 Å². The minimum absolute atomic E-state index is 0.195. The third-order valence-corrected chi connectivity index (χ3v) is 5.00. The molecule has 1 unspecified atom stereocenters. The quantitative estimate of drug-likeness (QED) is 0.310. The zero-order valence-electron chi connectivity index (χ0n) is 18.7. The van der Waals surface area contributed by atoms with Gasteiger partial charge in [0.15, 0.2) is 0 Å². The molecule has 9 heteroatoms. The highest BCUT2D eigenvalue weighted by Gasteiger charge is 2.28. The Balaban J connectivity index is 1.96. The van der Waals surface area contributed by atoms with Gasteiger partial charge in [-0.3, -0.25) is 14.9 Å². The maximum Gasteiger partial charge on any atom is 0.339 e. The predicted molar refractivity (Wildman–Crippen MR) is 124 cm³/mol. The molecule has 0 aromatic heterocycles. The standard InChI is InChI=1S/C25H22N2O7/c1-15-9-10-16(2)21(11-15)26-23(28)22(17-7-5-4-6-8-17)34-25(30)19-12-18(24(29)33-3)13-20(14-19)27(31)32/h4-14,22H,1-3H3,(H,26,28). The van der Waals surface area contributed by atoms with E-state index in [1.165, 1.54) is 0 Å². The summed E-state index contributed by atoms with van der Waals surface area (Å²) in [5.41, 5.74) is 1.75. The normalized spacial score (nSPS) is 11.3. The Hall–Kier alpha value is -4.53. The lowest BCUT2D eigenvalue weighted by molar-refractivity contribution is -0.384. The molecular formula is C25H22N2O7. The monoisotopic (exact) mass is 462 g/mol. The van der Waals surface area contributed by atoms with Crippen LogP contribution in [-0.4, -0.2) is 29.9 Å². The number of non-ortho nitro benzene ring substituents is 1. The maximum atomic E-state index is 13.2. The first kappa shape index (κ1) is 24.1. The average molecular weight is 462 g/mol. The average Bonchev–Trinajstić information content (AvgIpc) is 2.84. The van der Waals surface area contributed by atoms with E-state index < -0.39 is 34.6 Å². The molecule has 0 radical (unpaired) electrons. The Kier molecular flexibility index (Phi) is 7.37. The van der Waals surface area contributed by atoms with Crippen LogP contribution in [0.3, 0.4) is 0 Å². The number of carbonyl (C=O) groups is 3. The SMILES string of the molecule is COC(=O)c1cc(C(=O)OC(C(=O)Nc2cc(C)ccc2C)c2ccccc2)cc([N+](=O)[O-])c1. The van der Waals surface area contributed by atoms with Crippen LogP contribution in [0.15, 0.2) is 66.7 Å². The van der Waals surface area contributed by atoms with Crippen LogP contribution in [0, 0.1) is 24.0 Å². The lowest BCUT2D eigenvalue weighted by atomic mass is 10.1. The molecular weight excluding hydrogens is 440 g/mol. The molecule has 0 fully saturated rings. The van der Waals surface area contributed by atoms with Crippen LogP contribution in [0.25, 0.3) is 0 Å². The number of nitrogens with one attached hydrogen (secondary N) is 1. The lowest BCUT2D eigenvalue weighted by Crippen LogP contribution is -2.26. The highest BCUT2D eigenvalue weighted by atomic mass is 16.6. The van der Waals surface area contributed by atoms with E-state index in [0.717, 1.165) is 36.4 Å². The molecule has 0 aliphatic rings. The molecule has 0 aliphatic heterocycles. The van der Waals surface area contributed by atoms with Crippen molar-refractivity contribution in [1.82, 2.24) is 0 Å². The second-order valence-electron chi connectivity index (χ2n) is 7.52. The number of ether oxygens (including phenoxy) is 2. The number of anilines is 1. The number of nitrogens with zero attached hydrogens (tertiary/aromatic N) is 1. The van der Waals surface area contributed by atoms with Crippen molar-refractivity contribution in [2.75, 3.05) is 12.4 Å². The first-order valence-electron chi connectivity index (χ1n) is 10.2. The van der Waals surface area contributed by atoms with E-state index in [-0.39, 0.29) is 11.1 Å². The first-order valence-corrected chi connectivity index (χ1v) is 10.2. The minimum Gasteiger partial charge on any atom is -0.465 e. The molecule has 0 saturated carbocycles. The number of hydrogen-bond donors (Lipinski definition) is 1. The van der Waals surface area contributed by atoms with Crippen LogP contribution in [0.2, 0.25) is 0 Å². The molecule has 0 saturated heterocycles. The van der Waals surface area contributed by atoms with E-state index in [1.54, 1.807) is 36.4 Å². The fourth-order valence-electron chi connectivity index (χ4n) is 3.21. The van der Waals surface area contributed by atoms with Gasteiger partial charge in [-0.15, -0.1) is 0 Å². The fraction of sp³-hybridized carbons (Fsp3) is 0.160. The van der Waals surface area contributed by atoms with E-state index >= 15 is 0 Å². The molecule has 174 valence electrons. The van der Waals surface area contributed by atoms with Gasteiger partial charge in [0.05, 0.1) is 23.2 Å². The van der Waals surface area contributed by atoms with Crippen LogP contribution < -0.4 is 5.32 Å². The van der Waals surface area contributed by atoms with Crippen molar-refractivity contribution >= 4 is 29.2 Å². The third kappa shape index (κ3) is 5.63. The Morgan fingerprint density at radius 3 is 2.18 bits per heavy atom. The number of rotatable bonds is 7. The summed E-state index contributed by atoms with van der Waals surface area (Å²) in [7, 11) is 1.11. The highest BCUT2D eigenvalue weighted by Crippen LogP contribution is 2.25. The van der Waals surface area contributed by atoms with Gasteiger partial charge in [-0.25, -0.2) is 9.59 Å². The van der Waals surface area contributed by atoms with Crippen molar-refractivity contribution in [3.63, 3.8) is 0 Å². The number of hydrogen-bond acceptors (Lipinski definition) is 7. The van der Waals surface area contributed by atoms with Crippen molar-refractivity contribution in [2.45, 2.75) is 20.0 Å². The van der Waals surface area contributed by atoms with Gasteiger partial charge < -0.3 is 14.8 Å². The fourth-order valence-corrected chi connectivity index (χ4v) is 3.21. The van der Waals surface area contributed by atoms with Crippen LogP contribution in [0.1, 0.15) is 43.5 Å².